The van der Waals surface area contributed by atoms with E-state index in [4.69, 9.17) is 11.1 Å². The van der Waals surface area contributed by atoms with Crippen molar-refractivity contribution >= 4 is 5.71 Å². The van der Waals surface area contributed by atoms with E-state index in [1.54, 1.807) is 0 Å². The minimum Gasteiger partial charge on any atom is -0.330 e. The Balaban J connectivity index is 3.64. The summed E-state index contributed by atoms with van der Waals surface area (Å²) in [6, 6.07) is 0. The zero-order chi connectivity index (χ0) is 7.28. The predicted octanol–water partition coefficient (Wildman–Crippen LogP) is 1.40. The van der Waals surface area contributed by atoms with E-state index in [0.29, 0.717) is 12.5 Å². The van der Waals surface area contributed by atoms with Gasteiger partial charge in [-0.05, 0) is 12.8 Å². The Bertz CT molecular complexity index is 84.9. The summed E-state index contributed by atoms with van der Waals surface area (Å²) in [4.78, 5) is 0. The molecule has 0 spiro atoms. The van der Waals surface area contributed by atoms with Gasteiger partial charge in [0.25, 0.3) is 0 Å². The average Bonchev–Trinajstić information content (AvgIpc) is 1.90. The molecule has 0 radical (unpaired) electrons. The number of rotatable bonds is 4. The monoisotopic (exact) mass is 128 g/mol. The number of nitrogens with two attached hydrogens (primary N) is 1. The second-order valence-corrected chi connectivity index (χ2v) is 2.22. The van der Waals surface area contributed by atoms with Gasteiger partial charge in [0.05, 0.1) is 0 Å². The minimum atomic E-state index is 0.329. The summed E-state index contributed by atoms with van der Waals surface area (Å²) >= 11 is 0. The molecular weight excluding hydrogens is 112 g/mol. The molecule has 0 fully saturated rings. The molecule has 0 amide bonds. The number of nitrogens with one attached hydrogen (secondary N) is 1. The summed E-state index contributed by atoms with van der Waals surface area (Å²) in [7, 11) is 0. The highest BCUT2D eigenvalue weighted by Crippen LogP contribution is 2.03. The van der Waals surface area contributed by atoms with Crippen molar-refractivity contribution in [2.75, 3.05) is 6.54 Å². The van der Waals surface area contributed by atoms with E-state index in [-0.39, 0.29) is 0 Å². The molecule has 0 rings (SSSR count). The van der Waals surface area contributed by atoms with Crippen LogP contribution in [0.2, 0.25) is 0 Å². The third-order valence-electron chi connectivity index (χ3n) is 1.65. The van der Waals surface area contributed by atoms with Crippen molar-refractivity contribution in [1.29, 1.82) is 5.41 Å². The van der Waals surface area contributed by atoms with Crippen molar-refractivity contribution in [3.05, 3.63) is 0 Å². The first-order chi connectivity index (χ1) is 4.26. The van der Waals surface area contributed by atoms with E-state index >= 15 is 0 Å². The third-order valence-corrected chi connectivity index (χ3v) is 1.65. The van der Waals surface area contributed by atoms with Crippen molar-refractivity contribution in [2.24, 2.45) is 11.7 Å². The van der Waals surface area contributed by atoms with Crippen LogP contribution in [-0.2, 0) is 0 Å². The normalized spacial score (nSPS) is 13.2. The Hall–Kier alpha value is -0.370. The quantitative estimate of drug-likeness (QED) is 0.552. The van der Waals surface area contributed by atoms with Crippen molar-refractivity contribution in [2.45, 2.75) is 26.7 Å². The van der Waals surface area contributed by atoms with Crippen LogP contribution >= 0.6 is 0 Å². The SMILES string of the molecule is CCC(=N)[C@H](CC)CN. The first-order valence-corrected chi connectivity index (χ1v) is 3.53. The molecule has 0 unspecified atom stereocenters. The second-order valence-electron chi connectivity index (χ2n) is 2.22. The highest BCUT2D eigenvalue weighted by molar-refractivity contribution is 5.83. The Morgan fingerprint density at radius 1 is 1.56 bits per heavy atom. The van der Waals surface area contributed by atoms with Crippen LogP contribution in [0, 0.1) is 11.3 Å². The van der Waals surface area contributed by atoms with Crippen LogP contribution in [0.15, 0.2) is 0 Å². The molecule has 0 heterocycles. The van der Waals surface area contributed by atoms with Crippen LogP contribution in [0.4, 0.5) is 0 Å². The largest absolute Gasteiger partial charge is 0.330 e. The maximum absolute atomic E-state index is 7.41. The fourth-order valence-corrected chi connectivity index (χ4v) is 0.844. The van der Waals surface area contributed by atoms with E-state index < -0.39 is 0 Å². The zero-order valence-electron chi connectivity index (χ0n) is 6.28. The lowest BCUT2D eigenvalue weighted by Gasteiger charge is -2.10. The summed E-state index contributed by atoms with van der Waals surface area (Å²) in [5.41, 5.74) is 6.21. The Morgan fingerprint density at radius 2 is 2.11 bits per heavy atom. The van der Waals surface area contributed by atoms with Gasteiger partial charge < -0.3 is 11.1 Å². The lowest BCUT2D eigenvalue weighted by atomic mass is 9.99. The van der Waals surface area contributed by atoms with Gasteiger partial charge in [-0.1, -0.05) is 13.8 Å². The van der Waals surface area contributed by atoms with Crippen LogP contribution in [0.1, 0.15) is 26.7 Å². The molecule has 0 aliphatic rings. The smallest absolute Gasteiger partial charge is 0.0130 e. The first-order valence-electron chi connectivity index (χ1n) is 3.53. The van der Waals surface area contributed by atoms with Gasteiger partial charge in [0.2, 0.25) is 0 Å². The van der Waals surface area contributed by atoms with Gasteiger partial charge in [0.1, 0.15) is 0 Å². The summed E-state index contributed by atoms with van der Waals surface area (Å²) in [5, 5.41) is 7.41. The van der Waals surface area contributed by atoms with Gasteiger partial charge in [-0.15, -0.1) is 0 Å². The summed E-state index contributed by atoms with van der Waals surface area (Å²) in [6.07, 6.45) is 1.85. The second kappa shape index (κ2) is 4.50. The molecule has 1 atom stereocenters. The molecule has 3 N–H and O–H groups in total. The van der Waals surface area contributed by atoms with Gasteiger partial charge in [0, 0.05) is 18.2 Å². The molecule has 0 bridgehead atoms. The maximum Gasteiger partial charge on any atom is 0.0130 e. The van der Waals surface area contributed by atoms with Crippen LogP contribution in [0.3, 0.4) is 0 Å². The minimum absolute atomic E-state index is 0.329. The van der Waals surface area contributed by atoms with Gasteiger partial charge in [-0.3, -0.25) is 0 Å². The summed E-state index contributed by atoms with van der Waals surface area (Å²) in [6.45, 7) is 4.70. The van der Waals surface area contributed by atoms with Crippen LogP contribution < -0.4 is 5.73 Å². The topological polar surface area (TPSA) is 49.9 Å². The lowest BCUT2D eigenvalue weighted by molar-refractivity contribution is 0.662. The molecule has 0 aliphatic carbocycles. The molecular formula is C7H16N2. The Labute approximate surface area is 57.0 Å². The van der Waals surface area contributed by atoms with Crippen LogP contribution in [0.5, 0.6) is 0 Å². The molecule has 0 saturated heterocycles. The maximum atomic E-state index is 7.41. The molecule has 0 saturated carbocycles. The van der Waals surface area contributed by atoms with Gasteiger partial charge >= 0.3 is 0 Å². The molecule has 0 aliphatic heterocycles. The van der Waals surface area contributed by atoms with E-state index in [0.717, 1.165) is 18.6 Å². The summed E-state index contributed by atoms with van der Waals surface area (Å²) in [5.74, 6) is 0.329. The Morgan fingerprint density at radius 3 is 2.22 bits per heavy atom. The molecule has 2 nitrogen and oxygen atoms in total. The van der Waals surface area contributed by atoms with Crippen LogP contribution in [0.25, 0.3) is 0 Å². The molecule has 9 heavy (non-hydrogen) atoms. The fourth-order valence-electron chi connectivity index (χ4n) is 0.844. The molecule has 0 aromatic heterocycles. The first kappa shape index (κ1) is 8.63. The Kier molecular flexibility index (Phi) is 4.32. The number of hydrogen-bond acceptors (Lipinski definition) is 2. The average molecular weight is 128 g/mol. The standard InChI is InChI=1S/C7H16N2/c1-3-6(5-8)7(9)4-2/h6,9H,3-5,8H2,1-2H3/t6-/m1/s1. The number of hydrogen-bond donors (Lipinski definition) is 2. The van der Waals surface area contributed by atoms with E-state index in [2.05, 4.69) is 6.92 Å². The molecule has 2 heteroatoms. The summed E-state index contributed by atoms with van der Waals surface area (Å²) < 4.78 is 0. The van der Waals surface area contributed by atoms with Crippen molar-refractivity contribution in [1.82, 2.24) is 0 Å². The van der Waals surface area contributed by atoms with E-state index in [1.165, 1.54) is 0 Å². The van der Waals surface area contributed by atoms with E-state index in [9.17, 15) is 0 Å². The molecule has 0 aromatic rings. The molecule has 0 aromatic carbocycles. The van der Waals surface area contributed by atoms with Crippen molar-refractivity contribution < 1.29 is 0 Å². The van der Waals surface area contributed by atoms with E-state index in [1.807, 2.05) is 6.92 Å². The highest BCUT2D eigenvalue weighted by Gasteiger charge is 2.06. The van der Waals surface area contributed by atoms with Crippen LogP contribution in [-0.4, -0.2) is 12.3 Å². The fraction of sp³-hybridized carbons (Fsp3) is 0.857. The highest BCUT2D eigenvalue weighted by atomic mass is 14.6. The van der Waals surface area contributed by atoms with Crippen molar-refractivity contribution in [3.63, 3.8) is 0 Å². The van der Waals surface area contributed by atoms with Crippen molar-refractivity contribution in [3.8, 4) is 0 Å². The third kappa shape index (κ3) is 2.61. The molecule has 54 valence electrons. The lowest BCUT2D eigenvalue weighted by Crippen LogP contribution is -2.21. The predicted molar refractivity (Wildman–Crippen MR) is 40.9 cm³/mol. The zero-order valence-corrected chi connectivity index (χ0v) is 6.28. The van der Waals surface area contributed by atoms with Gasteiger partial charge in [-0.2, -0.15) is 0 Å². The van der Waals surface area contributed by atoms with Gasteiger partial charge in [-0.25, -0.2) is 0 Å². The van der Waals surface area contributed by atoms with Gasteiger partial charge in [0.15, 0.2) is 0 Å².